The number of carbonyl (C=O) groups is 3. The molecule has 2 unspecified atom stereocenters. The molecule has 0 spiro atoms. The number of rotatable bonds is 3. The molecule has 0 aliphatic carbocycles. The van der Waals surface area contributed by atoms with Gasteiger partial charge < -0.3 is 15.2 Å². The zero-order chi connectivity index (χ0) is 17.5. The van der Waals surface area contributed by atoms with Gasteiger partial charge in [-0.1, -0.05) is 12.1 Å². The predicted molar refractivity (Wildman–Crippen MR) is 85.0 cm³/mol. The van der Waals surface area contributed by atoms with Gasteiger partial charge in [0.15, 0.2) is 0 Å². The van der Waals surface area contributed by atoms with Crippen molar-refractivity contribution in [2.45, 2.75) is 31.9 Å². The summed E-state index contributed by atoms with van der Waals surface area (Å²) in [7, 11) is 0. The minimum atomic E-state index is -1.83. The second kappa shape index (κ2) is 5.76. The number of nitrogens with one attached hydrogen (secondary N) is 1. The van der Waals surface area contributed by atoms with Crippen LogP contribution in [0.4, 0.5) is 5.69 Å². The first-order valence-corrected chi connectivity index (χ1v) is 7.72. The van der Waals surface area contributed by atoms with Gasteiger partial charge in [0.2, 0.25) is 5.54 Å². The lowest BCUT2D eigenvalue weighted by atomic mass is 9.90. The molecular weight excluding hydrogens is 312 g/mol. The number of aliphatic hydroxyl groups is 1. The monoisotopic (exact) mass is 330 g/mol. The summed E-state index contributed by atoms with van der Waals surface area (Å²) in [6, 6.07) is 6.55. The van der Waals surface area contributed by atoms with Crippen molar-refractivity contribution in [3.8, 4) is 0 Å². The van der Waals surface area contributed by atoms with Gasteiger partial charge in [-0.05, 0) is 31.6 Å². The van der Waals surface area contributed by atoms with Crippen molar-refractivity contribution in [2.75, 3.05) is 11.9 Å². The molecule has 2 heterocycles. The molecule has 0 saturated heterocycles. The molecule has 126 valence electrons. The Balaban J connectivity index is 2.18. The zero-order valence-corrected chi connectivity index (χ0v) is 13.4. The lowest BCUT2D eigenvalue weighted by molar-refractivity contribution is -0.157. The van der Waals surface area contributed by atoms with Crippen LogP contribution >= 0.6 is 0 Å². The minimum Gasteiger partial charge on any atom is -0.464 e. The third kappa shape index (κ3) is 2.20. The molecule has 7 heteroatoms. The summed E-state index contributed by atoms with van der Waals surface area (Å²) >= 11 is 0. The number of aliphatic hydroxyl groups excluding tert-OH is 1. The molecule has 2 aliphatic rings. The fourth-order valence-corrected chi connectivity index (χ4v) is 3.03. The molecule has 1 aromatic rings. The SMILES string of the molecule is CCOC(=O)C12CC(C(C)O)=CN1C(=O)c1ccccc1NC2=O. The molecule has 0 fully saturated rings. The normalized spacial score (nSPS) is 23.6. The molecule has 0 bridgehead atoms. The van der Waals surface area contributed by atoms with Gasteiger partial charge in [-0.25, -0.2) is 4.79 Å². The van der Waals surface area contributed by atoms with Gasteiger partial charge in [0.1, 0.15) is 0 Å². The average molecular weight is 330 g/mol. The smallest absolute Gasteiger partial charge is 0.342 e. The summed E-state index contributed by atoms with van der Waals surface area (Å²) in [5.41, 5.74) is -0.790. The summed E-state index contributed by atoms with van der Waals surface area (Å²) in [5.74, 6) is -1.95. The summed E-state index contributed by atoms with van der Waals surface area (Å²) in [6.45, 7) is 3.22. The molecule has 0 aromatic heterocycles. The quantitative estimate of drug-likeness (QED) is 0.638. The number of esters is 1. The molecule has 1 aromatic carbocycles. The van der Waals surface area contributed by atoms with Gasteiger partial charge in [0.25, 0.3) is 11.8 Å². The van der Waals surface area contributed by atoms with Crippen molar-refractivity contribution in [1.82, 2.24) is 4.90 Å². The molecule has 2 atom stereocenters. The Morgan fingerprint density at radius 1 is 1.42 bits per heavy atom. The van der Waals surface area contributed by atoms with Crippen LogP contribution < -0.4 is 5.32 Å². The van der Waals surface area contributed by atoms with Crippen LogP contribution in [0.15, 0.2) is 36.0 Å². The first-order chi connectivity index (χ1) is 11.4. The van der Waals surface area contributed by atoms with E-state index >= 15 is 0 Å². The number of nitrogens with zero attached hydrogens (tertiary/aromatic N) is 1. The zero-order valence-electron chi connectivity index (χ0n) is 13.4. The van der Waals surface area contributed by atoms with E-state index in [1.807, 2.05) is 0 Å². The number of anilines is 1. The van der Waals surface area contributed by atoms with Gasteiger partial charge >= 0.3 is 5.97 Å². The molecule has 2 amide bonds. The number of amides is 2. The molecule has 24 heavy (non-hydrogen) atoms. The maximum atomic E-state index is 12.9. The fourth-order valence-electron chi connectivity index (χ4n) is 3.03. The number of benzene rings is 1. The van der Waals surface area contributed by atoms with Crippen LogP contribution in [-0.2, 0) is 14.3 Å². The Bertz CT molecular complexity index is 755. The molecule has 0 saturated carbocycles. The number of ether oxygens (including phenoxy) is 1. The van der Waals surface area contributed by atoms with E-state index in [9.17, 15) is 19.5 Å². The Morgan fingerprint density at radius 3 is 2.79 bits per heavy atom. The van der Waals surface area contributed by atoms with Crippen molar-refractivity contribution in [3.63, 3.8) is 0 Å². The number of fused-ring (bicyclic) bond motifs is 2. The lowest BCUT2D eigenvalue weighted by Gasteiger charge is -2.32. The van der Waals surface area contributed by atoms with Gasteiger partial charge in [-0.2, -0.15) is 0 Å². The highest BCUT2D eigenvalue weighted by Crippen LogP contribution is 2.40. The summed E-state index contributed by atoms with van der Waals surface area (Å²) in [6.07, 6.45) is 0.389. The minimum absolute atomic E-state index is 0.0762. The number of hydrogen-bond donors (Lipinski definition) is 2. The summed E-state index contributed by atoms with van der Waals surface area (Å²) in [4.78, 5) is 39.6. The first-order valence-electron chi connectivity index (χ1n) is 7.72. The number of hydrogen-bond acceptors (Lipinski definition) is 5. The van der Waals surface area contributed by atoms with E-state index in [0.29, 0.717) is 11.3 Å². The fraction of sp³-hybridized carbons (Fsp3) is 0.353. The van der Waals surface area contributed by atoms with E-state index in [0.717, 1.165) is 4.90 Å². The van der Waals surface area contributed by atoms with Crippen LogP contribution in [0.5, 0.6) is 0 Å². The third-order valence-corrected chi connectivity index (χ3v) is 4.32. The Morgan fingerprint density at radius 2 is 2.12 bits per heavy atom. The standard InChI is InChI=1S/C17H18N2O5/c1-3-24-16(23)17-8-11(10(2)20)9-19(17)14(21)12-6-4-5-7-13(12)18-15(17)22/h4-7,9-10,20H,3,8H2,1-2H3,(H,18,22). The van der Waals surface area contributed by atoms with Crippen molar-refractivity contribution in [1.29, 1.82) is 0 Å². The average Bonchev–Trinajstić information content (AvgIpc) is 2.93. The molecule has 0 radical (unpaired) electrons. The van der Waals surface area contributed by atoms with Crippen LogP contribution in [0.3, 0.4) is 0 Å². The third-order valence-electron chi connectivity index (χ3n) is 4.32. The van der Waals surface area contributed by atoms with Gasteiger partial charge in [-0.15, -0.1) is 0 Å². The van der Waals surface area contributed by atoms with Crippen molar-refractivity contribution < 1.29 is 24.2 Å². The molecule has 7 nitrogen and oxygen atoms in total. The van der Waals surface area contributed by atoms with Gasteiger partial charge in [-0.3, -0.25) is 14.5 Å². The molecule has 2 N–H and O–H groups in total. The van der Waals surface area contributed by atoms with Crippen molar-refractivity contribution in [3.05, 3.63) is 41.6 Å². The van der Waals surface area contributed by atoms with E-state index in [4.69, 9.17) is 4.74 Å². The second-order valence-corrected chi connectivity index (χ2v) is 5.81. The lowest BCUT2D eigenvalue weighted by Crippen LogP contribution is -2.59. The van der Waals surface area contributed by atoms with E-state index in [1.165, 1.54) is 13.1 Å². The molecule has 2 aliphatic heterocycles. The number of carbonyl (C=O) groups excluding carboxylic acids is 3. The van der Waals surface area contributed by atoms with Crippen molar-refractivity contribution >= 4 is 23.5 Å². The van der Waals surface area contributed by atoms with Crippen LogP contribution in [0, 0.1) is 0 Å². The molecular formula is C17H18N2O5. The predicted octanol–water partition coefficient (Wildman–Crippen LogP) is 1.05. The van der Waals surface area contributed by atoms with Crippen LogP contribution in [0.2, 0.25) is 0 Å². The summed E-state index contributed by atoms with van der Waals surface area (Å²) in [5, 5.41) is 12.5. The first kappa shape index (κ1) is 16.2. The topological polar surface area (TPSA) is 95.9 Å². The van der Waals surface area contributed by atoms with E-state index < -0.39 is 29.4 Å². The van der Waals surface area contributed by atoms with Crippen LogP contribution in [-0.4, -0.2) is 46.0 Å². The maximum Gasteiger partial charge on any atom is 0.342 e. The van der Waals surface area contributed by atoms with E-state index in [-0.39, 0.29) is 18.6 Å². The van der Waals surface area contributed by atoms with Crippen LogP contribution in [0.25, 0.3) is 0 Å². The highest BCUT2D eigenvalue weighted by Gasteiger charge is 2.59. The number of para-hydroxylation sites is 1. The van der Waals surface area contributed by atoms with Gasteiger partial charge in [0.05, 0.1) is 24.0 Å². The Hall–Kier alpha value is -2.67. The van der Waals surface area contributed by atoms with E-state index in [1.54, 1.807) is 31.2 Å². The Labute approximate surface area is 138 Å². The van der Waals surface area contributed by atoms with E-state index in [2.05, 4.69) is 5.32 Å². The Kier molecular flexibility index (Phi) is 3.88. The molecule has 3 rings (SSSR count). The maximum absolute atomic E-state index is 12.9. The van der Waals surface area contributed by atoms with Crippen molar-refractivity contribution in [2.24, 2.45) is 0 Å². The highest BCUT2D eigenvalue weighted by atomic mass is 16.5. The summed E-state index contributed by atoms with van der Waals surface area (Å²) < 4.78 is 5.08. The highest BCUT2D eigenvalue weighted by molar-refractivity contribution is 6.21. The van der Waals surface area contributed by atoms with Gasteiger partial charge in [0, 0.05) is 12.6 Å². The van der Waals surface area contributed by atoms with Crippen LogP contribution in [0.1, 0.15) is 30.6 Å². The second-order valence-electron chi connectivity index (χ2n) is 5.81. The largest absolute Gasteiger partial charge is 0.464 e.